The fourth-order valence-electron chi connectivity index (χ4n) is 1.66. The topological polar surface area (TPSA) is 108 Å². The van der Waals surface area contributed by atoms with Crippen molar-refractivity contribution in [1.29, 1.82) is 0 Å². The van der Waals surface area contributed by atoms with Gasteiger partial charge in [-0.1, -0.05) is 0 Å². The zero-order chi connectivity index (χ0) is 16.2. The Morgan fingerprint density at radius 1 is 1.17 bits per heavy atom. The van der Waals surface area contributed by atoms with Crippen LogP contribution in [0, 0.1) is 0 Å². The van der Waals surface area contributed by atoms with Crippen molar-refractivity contribution in [3.05, 3.63) is 48.0 Å². The van der Waals surface area contributed by atoms with Gasteiger partial charge in [0.05, 0.1) is 23.9 Å². The van der Waals surface area contributed by atoms with E-state index in [1.165, 1.54) is 43.7 Å². The Balaban J connectivity index is 0.00000264. The molecule has 9 heteroatoms. The van der Waals surface area contributed by atoms with Gasteiger partial charge in [0, 0.05) is 0 Å². The summed E-state index contributed by atoms with van der Waals surface area (Å²) in [6.07, 6.45) is 1.51. The minimum Gasteiger partial charge on any atom is -0.504 e. The molecule has 2 aromatic rings. The van der Waals surface area contributed by atoms with E-state index in [9.17, 15) is 13.5 Å². The number of hydrogen-bond acceptors (Lipinski definition) is 6. The molecule has 3 N–H and O–H groups in total. The average molecular weight is 361 g/mol. The molecule has 0 atom stereocenters. The number of aromatic hydroxyl groups is 1. The summed E-state index contributed by atoms with van der Waals surface area (Å²) < 4.78 is 35.7. The van der Waals surface area contributed by atoms with Gasteiger partial charge in [-0.15, -0.1) is 0 Å². The first kappa shape index (κ1) is 20.1. The Hall–Kier alpha value is -0.944. The maximum Gasteiger partial charge on any atom is 1.00 e. The van der Waals surface area contributed by atoms with Gasteiger partial charge in [-0.3, -0.25) is 9.98 Å². The second-order valence-electron chi connectivity index (χ2n) is 4.30. The van der Waals surface area contributed by atoms with E-state index in [0.717, 1.165) is 0 Å². The summed E-state index contributed by atoms with van der Waals surface area (Å²) in [4.78, 5) is -0.190. The van der Waals surface area contributed by atoms with E-state index in [1.807, 2.05) is 0 Å². The van der Waals surface area contributed by atoms with Crippen LogP contribution < -0.4 is 61.5 Å². The van der Waals surface area contributed by atoms with E-state index < -0.39 is 10.1 Å². The van der Waals surface area contributed by atoms with Crippen molar-refractivity contribution < 1.29 is 74.2 Å². The van der Waals surface area contributed by atoms with Gasteiger partial charge in [-0.05, 0) is 48.0 Å². The Labute approximate surface area is 176 Å². The molecule has 0 heterocycles. The Bertz CT molecular complexity index is 791. The summed E-state index contributed by atoms with van der Waals surface area (Å²) in [6, 6.07) is 10.2. The zero-order valence-electron chi connectivity index (χ0n) is 12.6. The van der Waals surface area contributed by atoms with Crippen molar-refractivity contribution in [1.82, 2.24) is 0 Å². The molecule has 0 amide bonds. The van der Waals surface area contributed by atoms with Gasteiger partial charge in [0.25, 0.3) is 10.1 Å². The maximum atomic E-state index is 10.9. The van der Waals surface area contributed by atoms with Crippen LogP contribution in [-0.2, 0) is 10.1 Å². The van der Waals surface area contributed by atoms with Crippen molar-refractivity contribution in [2.24, 2.45) is 5.10 Å². The molecule has 0 fully saturated rings. The van der Waals surface area contributed by atoms with E-state index >= 15 is 0 Å². The second-order valence-corrected chi connectivity index (χ2v) is 5.72. The summed E-state index contributed by atoms with van der Waals surface area (Å²) >= 11 is 0. The number of nitrogens with one attached hydrogen (secondary N) is 1. The van der Waals surface area contributed by atoms with Gasteiger partial charge in [0.1, 0.15) is 0 Å². The summed E-state index contributed by atoms with van der Waals surface area (Å²) in [5.41, 5.74) is 3.97. The Kier molecular flexibility index (Phi) is 7.68. The molecule has 2 rings (SSSR count). The molecular weight excluding hydrogens is 347 g/mol. The molecule has 0 bridgehead atoms. The summed E-state index contributed by atoms with van der Waals surface area (Å²) in [5, 5.41) is 13.5. The summed E-state index contributed by atoms with van der Waals surface area (Å²) in [7, 11) is -2.75. The standard InChI is InChI=1S/C14H14N2O5S.K/c1-21-14-8-10(2-7-13(14)17)9-15-16-11-3-5-12(6-4-11)22(18,19)20;/h2-9,16-17H,1H3,(H,18,19,20);/q;+1/b15-9+;. The number of phenolic OH excluding ortho intramolecular Hbond substituents is 1. The van der Waals surface area contributed by atoms with Crippen molar-refractivity contribution >= 4 is 22.0 Å². The molecule has 2 aromatic carbocycles. The molecule has 0 aliphatic rings. The first-order chi connectivity index (χ1) is 10.4. The van der Waals surface area contributed by atoms with Crippen LogP contribution in [0.3, 0.4) is 0 Å². The minimum atomic E-state index is -4.20. The molecular formula is C14H14KN2O5S+. The third-order valence-corrected chi connectivity index (χ3v) is 3.63. The number of anilines is 1. The van der Waals surface area contributed by atoms with Crippen LogP contribution in [0.25, 0.3) is 0 Å². The first-order valence-electron chi connectivity index (χ1n) is 6.14. The van der Waals surface area contributed by atoms with E-state index in [0.29, 0.717) is 17.0 Å². The fraction of sp³-hybridized carbons (Fsp3) is 0.0714. The van der Waals surface area contributed by atoms with Gasteiger partial charge < -0.3 is 9.84 Å². The van der Waals surface area contributed by atoms with Crippen LogP contribution in [-0.4, -0.2) is 31.4 Å². The number of methoxy groups -OCH3 is 1. The molecule has 0 aliphatic carbocycles. The molecule has 0 saturated carbocycles. The fourth-order valence-corrected chi connectivity index (χ4v) is 2.14. The van der Waals surface area contributed by atoms with E-state index in [1.54, 1.807) is 12.1 Å². The maximum absolute atomic E-state index is 10.9. The molecule has 0 saturated heterocycles. The molecule has 0 spiro atoms. The first-order valence-corrected chi connectivity index (χ1v) is 7.58. The quantitative estimate of drug-likeness (QED) is 0.276. The van der Waals surface area contributed by atoms with Gasteiger partial charge in [0.15, 0.2) is 11.5 Å². The molecule has 0 aliphatic heterocycles. The van der Waals surface area contributed by atoms with Gasteiger partial charge in [-0.25, -0.2) is 0 Å². The largest absolute Gasteiger partial charge is 1.00 e. The molecule has 0 radical (unpaired) electrons. The van der Waals surface area contributed by atoms with Crippen molar-refractivity contribution in [2.75, 3.05) is 12.5 Å². The molecule has 0 aromatic heterocycles. The minimum absolute atomic E-state index is 0. The zero-order valence-corrected chi connectivity index (χ0v) is 16.5. The van der Waals surface area contributed by atoms with Crippen molar-refractivity contribution in [3.8, 4) is 11.5 Å². The molecule has 23 heavy (non-hydrogen) atoms. The predicted octanol–water partition coefficient (Wildman–Crippen LogP) is -0.902. The smallest absolute Gasteiger partial charge is 0.504 e. The summed E-state index contributed by atoms with van der Waals surface area (Å²) in [6.45, 7) is 0. The number of benzene rings is 2. The molecule has 7 nitrogen and oxygen atoms in total. The van der Waals surface area contributed by atoms with Crippen LogP contribution in [0.15, 0.2) is 52.5 Å². The normalized spacial score (nSPS) is 11.0. The van der Waals surface area contributed by atoms with Gasteiger partial charge in [0.2, 0.25) is 0 Å². The molecule has 116 valence electrons. The average Bonchev–Trinajstić information content (AvgIpc) is 2.48. The third kappa shape index (κ3) is 5.88. The molecule has 0 unspecified atom stereocenters. The third-order valence-electron chi connectivity index (χ3n) is 2.76. The van der Waals surface area contributed by atoms with Crippen LogP contribution in [0.4, 0.5) is 5.69 Å². The van der Waals surface area contributed by atoms with E-state index in [-0.39, 0.29) is 62.0 Å². The number of hydrazone groups is 1. The Morgan fingerprint density at radius 2 is 1.83 bits per heavy atom. The van der Waals surface area contributed by atoms with E-state index in [4.69, 9.17) is 9.29 Å². The van der Waals surface area contributed by atoms with Crippen LogP contribution in [0.5, 0.6) is 11.5 Å². The predicted molar refractivity (Wildman–Crippen MR) is 82.1 cm³/mol. The van der Waals surface area contributed by atoms with Crippen LogP contribution in [0.1, 0.15) is 5.56 Å². The number of nitrogens with zero attached hydrogens (tertiary/aromatic N) is 1. The Morgan fingerprint density at radius 3 is 2.39 bits per heavy atom. The van der Waals surface area contributed by atoms with Gasteiger partial charge >= 0.3 is 51.4 Å². The van der Waals surface area contributed by atoms with Crippen LogP contribution in [0.2, 0.25) is 0 Å². The van der Waals surface area contributed by atoms with Crippen LogP contribution >= 0.6 is 0 Å². The monoisotopic (exact) mass is 361 g/mol. The number of hydrogen-bond donors (Lipinski definition) is 3. The van der Waals surface area contributed by atoms with Crippen molar-refractivity contribution in [2.45, 2.75) is 4.90 Å². The summed E-state index contributed by atoms with van der Waals surface area (Å²) in [5.74, 6) is 0.370. The number of ether oxygens (including phenoxy) is 1. The van der Waals surface area contributed by atoms with E-state index in [2.05, 4.69) is 10.5 Å². The van der Waals surface area contributed by atoms with Crippen molar-refractivity contribution in [3.63, 3.8) is 0 Å². The number of rotatable bonds is 5. The van der Waals surface area contributed by atoms with Gasteiger partial charge in [-0.2, -0.15) is 13.5 Å². The number of phenols is 1. The second kappa shape index (κ2) is 8.78. The SMILES string of the molecule is COc1cc(/C=N/Nc2ccc(S(=O)(=O)O)cc2)ccc1O.[K+].